The Balaban J connectivity index is 1.59. The summed E-state index contributed by atoms with van der Waals surface area (Å²) in [5.74, 6) is -2.53. The lowest BCUT2D eigenvalue weighted by Crippen LogP contribution is -2.37. The van der Waals surface area contributed by atoms with E-state index in [2.05, 4.69) is 10.6 Å². The summed E-state index contributed by atoms with van der Waals surface area (Å²) < 4.78 is 34.4. The molecule has 0 unspecified atom stereocenters. The Morgan fingerprint density at radius 2 is 1.97 bits per heavy atom. The second-order valence-corrected chi connectivity index (χ2v) is 8.66. The molecule has 1 atom stereocenters. The van der Waals surface area contributed by atoms with Gasteiger partial charge in [0.15, 0.2) is 0 Å². The number of carbonyl (C=O) groups is 2. The molecule has 0 aromatic heterocycles. The summed E-state index contributed by atoms with van der Waals surface area (Å²) in [7, 11) is 0. The molecule has 4 rings (SSSR count). The van der Waals surface area contributed by atoms with Gasteiger partial charge in [0.1, 0.15) is 23.5 Å². The zero-order chi connectivity index (χ0) is 24.9. The minimum absolute atomic E-state index is 0.0765. The topological polar surface area (TPSA) is 87.7 Å². The van der Waals surface area contributed by atoms with Crippen LogP contribution in [0.25, 0.3) is 11.1 Å². The standard InChI is InChI=1S/C26H23ClF2N2O4/c27-21-13-22(29)20(12-24(21)35-19-5-2-8-30-14-19)15-3-1-4-16(9-15)26(34)31-23-7-6-18(28)10-17(23)11-25(32)33/h1,3-4,6-7,9-10,12-13,19,30H,2,5,8,11,14H2,(H,31,34)(H,32,33)/t19-/m1/s1. The summed E-state index contributed by atoms with van der Waals surface area (Å²) in [6, 6.07) is 12.5. The molecule has 1 heterocycles. The molecule has 0 aliphatic carbocycles. The molecule has 0 spiro atoms. The van der Waals surface area contributed by atoms with Crippen LogP contribution in [0.4, 0.5) is 14.5 Å². The number of anilines is 1. The number of piperidine rings is 1. The summed E-state index contributed by atoms with van der Waals surface area (Å²) >= 11 is 6.22. The van der Waals surface area contributed by atoms with E-state index in [-0.39, 0.29) is 33.5 Å². The number of rotatable bonds is 7. The molecule has 182 valence electrons. The molecule has 6 nitrogen and oxygen atoms in total. The van der Waals surface area contributed by atoms with Gasteiger partial charge in [0.05, 0.1) is 11.4 Å². The van der Waals surface area contributed by atoms with Crippen LogP contribution in [0.5, 0.6) is 5.75 Å². The summed E-state index contributed by atoms with van der Waals surface area (Å²) in [5, 5.41) is 15.1. The van der Waals surface area contributed by atoms with Crippen molar-refractivity contribution in [3.63, 3.8) is 0 Å². The molecule has 1 saturated heterocycles. The maximum atomic E-state index is 14.8. The first kappa shape index (κ1) is 24.6. The number of carboxylic acids is 1. The summed E-state index contributed by atoms with van der Waals surface area (Å²) in [5.41, 5.74) is 1.17. The highest BCUT2D eigenvalue weighted by Crippen LogP contribution is 2.35. The van der Waals surface area contributed by atoms with Crippen molar-refractivity contribution in [2.24, 2.45) is 0 Å². The second kappa shape index (κ2) is 10.8. The minimum atomic E-state index is -1.16. The van der Waals surface area contributed by atoms with Crippen molar-refractivity contribution in [2.45, 2.75) is 25.4 Å². The third kappa shape index (κ3) is 6.15. The van der Waals surface area contributed by atoms with Gasteiger partial charge in [-0.05, 0) is 73.0 Å². The number of amides is 1. The normalized spacial score (nSPS) is 15.5. The Labute approximate surface area is 205 Å². The number of carboxylic acid groups (broad SMARTS) is 1. The predicted octanol–water partition coefficient (Wildman–Crippen LogP) is 5.30. The van der Waals surface area contributed by atoms with Crippen LogP contribution in [-0.4, -0.2) is 36.2 Å². The largest absolute Gasteiger partial charge is 0.488 e. The number of hydrogen-bond acceptors (Lipinski definition) is 4. The maximum Gasteiger partial charge on any atom is 0.307 e. The quantitative estimate of drug-likeness (QED) is 0.410. The first-order valence-electron chi connectivity index (χ1n) is 11.1. The molecule has 9 heteroatoms. The van der Waals surface area contributed by atoms with E-state index in [0.717, 1.165) is 31.5 Å². The van der Waals surface area contributed by atoms with E-state index in [1.54, 1.807) is 12.1 Å². The van der Waals surface area contributed by atoms with Crippen molar-refractivity contribution in [1.82, 2.24) is 5.32 Å². The number of halogens is 3. The average Bonchev–Trinajstić information content (AvgIpc) is 2.83. The molecule has 35 heavy (non-hydrogen) atoms. The zero-order valence-electron chi connectivity index (χ0n) is 18.6. The van der Waals surface area contributed by atoms with Crippen LogP contribution in [0.1, 0.15) is 28.8 Å². The van der Waals surface area contributed by atoms with Gasteiger partial charge in [0.2, 0.25) is 0 Å². The molecule has 3 aromatic carbocycles. The van der Waals surface area contributed by atoms with Gasteiger partial charge in [-0.3, -0.25) is 9.59 Å². The van der Waals surface area contributed by atoms with Crippen molar-refractivity contribution < 1.29 is 28.2 Å². The molecule has 1 aliphatic heterocycles. The number of carbonyl (C=O) groups excluding carboxylic acids is 1. The molecule has 0 bridgehead atoms. The molecule has 1 fully saturated rings. The highest BCUT2D eigenvalue weighted by atomic mass is 35.5. The third-order valence-electron chi connectivity index (χ3n) is 5.66. The Kier molecular flexibility index (Phi) is 7.63. The van der Waals surface area contributed by atoms with E-state index in [4.69, 9.17) is 21.4 Å². The van der Waals surface area contributed by atoms with Crippen molar-refractivity contribution in [3.8, 4) is 16.9 Å². The molecule has 1 amide bonds. The molecular weight excluding hydrogens is 478 g/mol. The van der Waals surface area contributed by atoms with E-state index >= 15 is 0 Å². The van der Waals surface area contributed by atoms with Crippen LogP contribution in [0, 0.1) is 11.6 Å². The number of aliphatic carboxylic acids is 1. The van der Waals surface area contributed by atoms with Gasteiger partial charge in [0.25, 0.3) is 5.91 Å². The molecule has 0 saturated carbocycles. The molecular formula is C26H23ClF2N2O4. The number of hydrogen-bond donors (Lipinski definition) is 3. The van der Waals surface area contributed by atoms with Crippen LogP contribution in [-0.2, 0) is 11.2 Å². The second-order valence-electron chi connectivity index (χ2n) is 8.26. The van der Waals surface area contributed by atoms with Crippen molar-refractivity contribution >= 4 is 29.2 Å². The van der Waals surface area contributed by atoms with E-state index < -0.39 is 29.9 Å². The first-order valence-corrected chi connectivity index (χ1v) is 11.5. The lowest BCUT2D eigenvalue weighted by atomic mass is 10.0. The molecule has 3 N–H and O–H groups in total. The van der Waals surface area contributed by atoms with Crippen molar-refractivity contribution in [2.75, 3.05) is 18.4 Å². The maximum absolute atomic E-state index is 14.8. The zero-order valence-corrected chi connectivity index (χ0v) is 19.4. The molecule has 1 aliphatic rings. The van der Waals surface area contributed by atoms with Crippen LogP contribution in [0.3, 0.4) is 0 Å². The fourth-order valence-corrected chi connectivity index (χ4v) is 4.15. The van der Waals surface area contributed by atoms with Gasteiger partial charge in [-0.1, -0.05) is 23.7 Å². The predicted molar refractivity (Wildman–Crippen MR) is 129 cm³/mol. The van der Waals surface area contributed by atoms with Gasteiger partial charge < -0.3 is 20.5 Å². The molecule has 3 aromatic rings. The van der Waals surface area contributed by atoms with E-state index in [1.807, 2.05) is 0 Å². The van der Waals surface area contributed by atoms with Gasteiger partial charge in [-0.15, -0.1) is 0 Å². The Morgan fingerprint density at radius 3 is 2.71 bits per heavy atom. The Morgan fingerprint density at radius 1 is 1.14 bits per heavy atom. The lowest BCUT2D eigenvalue weighted by molar-refractivity contribution is -0.136. The number of benzene rings is 3. The number of ether oxygens (including phenoxy) is 1. The van der Waals surface area contributed by atoms with Crippen molar-refractivity contribution in [1.29, 1.82) is 0 Å². The van der Waals surface area contributed by atoms with Crippen LogP contribution in [0.15, 0.2) is 54.6 Å². The van der Waals surface area contributed by atoms with Crippen molar-refractivity contribution in [3.05, 3.63) is 82.4 Å². The summed E-state index contributed by atoms with van der Waals surface area (Å²) in [6.07, 6.45) is 1.30. The van der Waals surface area contributed by atoms with E-state index in [9.17, 15) is 18.4 Å². The number of nitrogens with one attached hydrogen (secondary N) is 2. The van der Waals surface area contributed by atoms with Gasteiger partial charge in [-0.25, -0.2) is 8.78 Å². The smallest absolute Gasteiger partial charge is 0.307 e. The minimum Gasteiger partial charge on any atom is -0.488 e. The molecule has 0 radical (unpaired) electrons. The summed E-state index contributed by atoms with van der Waals surface area (Å²) in [4.78, 5) is 24.0. The SMILES string of the molecule is O=C(O)Cc1cc(F)ccc1NC(=O)c1cccc(-c2cc(O[C@@H]3CCCNC3)c(Cl)cc2F)c1. The fourth-order valence-electron chi connectivity index (χ4n) is 3.96. The lowest BCUT2D eigenvalue weighted by Gasteiger charge is -2.24. The highest BCUT2D eigenvalue weighted by Gasteiger charge is 2.19. The highest BCUT2D eigenvalue weighted by molar-refractivity contribution is 6.32. The third-order valence-corrected chi connectivity index (χ3v) is 5.96. The van der Waals surface area contributed by atoms with E-state index in [0.29, 0.717) is 17.9 Å². The summed E-state index contributed by atoms with van der Waals surface area (Å²) in [6.45, 7) is 1.60. The first-order chi connectivity index (χ1) is 16.8. The van der Waals surface area contributed by atoms with Crippen LogP contribution in [0.2, 0.25) is 5.02 Å². The van der Waals surface area contributed by atoms with Crippen LogP contribution >= 0.6 is 11.6 Å². The average molecular weight is 501 g/mol. The fraction of sp³-hybridized carbons (Fsp3) is 0.231. The van der Waals surface area contributed by atoms with Gasteiger partial charge in [0, 0.05) is 23.4 Å². The van der Waals surface area contributed by atoms with E-state index in [1.165, 1.54) is 30.3 Å². The van der Waals surface area contributed by atoms with Gasteiger partial charge in [-0.2, -0.15) is 0 Å². The van der Waals surface area contributed by atoms with Crippen LogP contribution < -0.4 is 15.4 Å². The Bertz CT molecular complexity index is 1260. The van der Waals surface area contributed by atoms with Gasteiger partial charge >= 0.3 is 5.97 Å². The monoisotopic (exact) mass is 500 g/mol. The Hall–Kier alpha value is -3.49.